The highest BCUT2D eigenvalue weighted by Gasteiger charge is 2.44. The summed E-state index contributed by atoms with van der Waals surface area (Å²) in [6, 6.07) is 0. The molecule has 0 bridgehead atoms. The van der Waals surface area contributed by atoms with Crippen LogP contribution in [0.2, 0.25) is 0 Å². The van der Waals surface area contributed by atoms with Gasteiger partial charge in [0.15, 0.2) is 0 Å². The molecule has 2 N–H and O–H groups in total. The number of primary amides is 1. The van der Waals surface area contributed by atoms with E-state index in [4.69, 9.17) is 5.73 Å². The predicted molar refractivity (Wildman–Crippen MR) is 78.6 cm³/mol. The lowest BCUT2D eigenvalue weighted by molar-refractivity contribution is -0.150. The zero-order valence-electron chi connectivity index (χ0n) is 13.0. The molecule has 4 heteroatoms. The molecule has 0 rings (SSSR count). The molecule has 0 aromatic carbocycles. The number of amides is 2. The molecule has 0 radical (unpaired) electrons. The molecule has 2 amide bonds. The lowest BCUT2D eigenvalue weighted by atomic mass is 9.77. The molecule has 0 aromatic heterocycles. The van der Waals surface area contributed by atoms with Crippen molar-refractivity contribution in [2.45, 2.75) is 66.2 Å². The molecule has 0 saturated heterocycles. The Morgan fingerprint density at radius 1 is 0.895 bits per heavy atom. The second-order valence-corrected chi connectivity index (χ2v) is 5.24. The van der Waals surface area contributed by atoms with Crippen molar-refractivity contribution in [2.75, 3.05) is 13.1 Å². The van der Waals surface area contributed by atoms with E-state index in [2.05, 4.69) is 0 Å². The quantitative estimate of drug-likeness (QED) is 0.620. The first kappa shape index (κ1) is 17.9. The van der Waals surface area contributed by atoms with Crippen LogP contribution >= 0.6 is 0 Å². The Labute approximate surface area is 117 Å². The zero-order valence-corrected chi connectivity index (χ0v) is 13.0. The van der Waals surface area contributed by atoms with E-state index < -0.39 is 11.3 Å². The van der Waals surface area contributed by atoms with E-state index in [-0.39, 0.29) is 5.91 Å². The Balaban J connectivity index is 5.29. The van der Waals surface area contributed by atoms with Gasteiger partial charge in [-0.2, -0.15) is 0 Å². The molecule has 0 spiro atoms. The van der Waals surface area contributed by atoms with Gasteiger partial charge in [0.05, 0.1) is 0 Å². The van der Waals surface area contributed by atoms with Crippen LogP contribution < -0.4 is 5.73 Å². The molecule has 19 heavy (non-hydrogen) atoms. The monoisotopic (exact) mass is 270 g/mol. The van der Waals surface area contributed by atoms with Crippen molar-refractivity contribution in [3.63, 3.8) is 0 Å². The van der Waals surface area contributed by atoms with Crippen molar-refractivity contribution in [2.24, 2.45) is 11.1 Å². The number of nitrogens with zero attached hydrogens (tertiary/aromatic N) is 1. The van der Waals surface area contributed by atoms with Crippen LogP contribution in [0.1, 0.15) is 66.2 Å². The molecule has 0 saturated carbocycles. The molecule has 0 aliphatic carbocycles. The van der Waals surface area contributed by atoms with Crippen LogP contribution in [0.15, 0.2) is 0 Å². The van der Waals surface area contributed by atoms with Crippen LogP contribution in [0, 0.1) is 5.41 Å². The summed E-state index contributed by atoms with van der Waals surface area (Å²) in [6.07, 6.45) is 4.50. The van der Waals surface area contributed by atoms with Gasteiger partial charge in [-0.3, -0.25) is 9.59 Å². The fraction of sp³-hybridized carbons (Fsp3) is 0.867. The van der Waals surface area contributed by atoms with Crippen LogP contribution in [0.25, 0.3) is 0 Å². The summed E-state index contributed by atoms with van der Waals surface area (Å²) >= 11 is 0. The smallest absolute Gasteiger partial charge is 0.238 e. The number of rotatable bonds is 10. The Morgan fingerprint density at radius 2 is 1.32 bits per heavy atom. The first-order valence-corrected chi connectivity index (χ1v) is 7.59. The Bertz CT molecular complexity index is 278. The lowest BCUT2D eigenvalue weighted by Gasteiger charge is -2.34. The SMILES string of the molecule is CCCN(CCC)C(=O)C(CCC)(CCC)C(N)=O. The maximum absolute atomic E-state index is 12.8. The van der Waals surface area contributed by atoms with Gasteiger partial charge in [0.2, 0.25) is 11.8 Å². The van der Waals surface area contributed by atoms with E-state index in [1.165, 1.54) is 0 Å². The van der Waals surface area contributed by atoms with Crippen LogP contribution in [-0.4, -0.2) is 29.8 Å². The third kappa shape index (κ3) is 4.51. The minimum absolute atomic E-state index is 0.0626. The lowest BCUT2D eigenvalue weighted by Crippen LogP contribution is -2.51. The van der Waals surface area contributed by atoms with Crippen molar-refractivity contribution in [1.29, 1.82) is 0 Å². The average molecular weight is 270 g/mol. The van der Waals surface area contributed by atoms with E-state index in [0.29, 0.717) is 25.9 Å². The summed E-state index contributed by atoms with van der Waals surface area (Å²) < 4.78 is 0. The first-order valence-electron chi connectivity index (χ1n) is 7.59. The van der Waals surface area contributed by atoms with Crippen molar-refractivity contribution in [1.82, 2.24) is 4.90 Å². The molecule has 0 heterocycles. The van der Waals surface area contributed by atoms with Crippen LogP contribution in [0.5, 0.6) is 0 Å². The van der Waals surface area contributed by atoms with E-state index in [9.17, 15) is 9.59 Å². The van der Waals surface area contributed by atoms with E-state index in [1.54, 1.807) is 0 Å². The highest BCUT2D eigenvalue weighted by atomic mass is 16.2. The van der Waals surface area contributed by atoms with Gasteiger partial charge in [-0.05, 0) is 25.7 Å². The minimum Gasteiger partial charge on any atom is -0.369 e. The highest BCUT2D eigenvalue weighted by Crippen LogP contribution is 2.32. The predicted octanol–water partition coefficient (Wildman–Crippen LogP) is 2.71. The molecule has 0 aliphatic heterocycles. The van der Waals surface area contributed by atoms with Gasteiger partial charge in [-0.15, -0.1) is 0 Å². The fourth-order valence-corrected chi connectivity index (χ4v) is 2.70. The molecule has 0 aliphatic rings. The number of hydrogen-bond acceptors (Lipinski definition) is 2. The fourth-order valence-electron chi connectivity index (χ4n) is 2.70. The molecule has 112 valence electrons. The molecular weight excluding hydrogens is 240 g/mol. The van der Waals surface area contributed by atoms with Gasteiger partial charge < -0.3 is 10.6 Å². The van der Waals surface area contributed by atoms with Crippen molar-refractivity contribution < 1.29 is 9.59 Å². The normalized spacial score (nSPS) is 11.4. The number of nitrogens with two attached hydrogens (primary N) is 1. The van der Waals surface area contributed by atoms with Crippen molar-refractivity contribution in [3.05, 3.63) is 0 Å². The number of hydrogen-bond donors (Lipinski definition) is 1. The second-order valence-electron chi connectivity index (χ2n) is 5.24. The third-order valence-corrected chi connectivity index (χ3v) is 3.51. The largest absolute Gasteiger partial charge is 0.369 e. The van der Waals surface area contributed by atoms with Crippen LogP contribution in [0.4, 0.5) is 0 Å². The number of carbonyl (C=O) groups excluding carboxylic acids is 2. The summed E-state index contributed by atoms with van der Waals surface area (Å²) in [6.45, 7) is 9.47. The molecule has 4 nitrogen and oxygen atoms in total. The molecular formula is C15H30N2O2. The minimum atomic E-state index is -0.992. The molecule has 0 aromatic rings. The summed E-state index contributed by atoms with van der Waals surface area (Å²) in [4.78, 5) is 26.5. The van der Waals surface area contributed by atoms with E-state index in [1.807, 2.05) is 32.6 Å². The summed E-state index contributed by atoms with van der Waals surface area (Å²) in [5.41, 5.74) is 4.60. The zero-order chi connectivity index (χ0) is 14.9. The van der Waals surface area contributed by atoms with Crippen LogP contribution in [-0.2, 0) is 9.59 Å². The number of carbonyl (C=O) groups is 2. The summed E-state index contributed by atoms with van der Waals surface area (Å²) in [5.74, 6) is -0.522. The second kappa shape index (κ2) is 8.94. The van der Waals surface area contributed by atoms with Gasteiger partial charge in [-0.25, -0.2) is 0 Å². The van der Waals surface area contributed by atoms with Gasteiger partial charge >= 0.3 is 0 Å². The summed E-state index contributed by atoms with van der Waals surface area (Å²) in [7, 11) is 0. The van der Waals surface area contributed by atoms with Crippen molar-refractivity contribution in [3.8, 4) is 0 Å². The Morgan fingerprint density at radius 3 is 1.58 bits per heavy atom. The van der Waals surface area contributed by atoms with Crippen molar-refractivity contribution >= 4 is 11.8 Å². The van der Waals surface area contributed by atoms with E-state index >= 15 is 0 Å². The first-order chi connectivity index (χ1) is 8.99. The topological polar surface area (TPSA) is 63.4 Å². The van der Waals surface area contributed by atoms with E-state index in [0.717, 1.165) is 25.7 Å². The van der Waals surface area contributed by atoms with Gasteiger partial charge in [0.25, 0.3) is 0 Å². The van der Waals surface area contributed by atoms with Gasteiger partial charge in [-0.1, -0.05) is 40.5 Å². The molecule has 0 fully saturated rings. The van der Waals surface area contributed by atoms with Gasteiger partial charge in [0.1, 0.15) is 5.41 Å². The standard InChI is InChI=1S/C15H30N2O2/c1-5-9-15(10-6-2,13(16)18)14(19)17(11-7-3)12-8-4/h5-12H2,1-4H3,(H2,16,18). The van der Waals surface area contributed by atoms with Crippen LogP contribution in [0.3, 0.4) is 0 Å². The molecule has 0 unspecified atom stereocenters. The Kier molecular flexibility index (Phi) is 8.44. The Hall–Kier alpha value is -1.06. The maximum Gasteiger partial charge on any atom is 0.238 e. The highest BCUT2D eigenvalue weighted by molar-refractivity contribution is 6.04. The third-order valence-electron chi connectivity index (χ3n) is 3.51. The van der Waals surface area contributed by atoms with Gasteiger partial charge in [0, 0.05) is 13.1 Å². The summed E-state index contributed by atoms with van der Waals surface area (Å²) in [5, 5.41) is 0. The molecule has 0 atom stereocenters. The average Bonchev–Trinajstić information content (AvgIpc) is 2.37. The maximum atomic E-state index is 12.8.